The molecule has 6 nitrogen and oxygen atoms in total. The highest BCUT2D eigenvalue weighted by Crippen LogP contribution is 2.20. The van der Waals surface area contributed by atoms with Crippen molar-refractivity contribution in [1.29, 1.82) is 0 Å². The summed E-state index contributed by atoms with van der Waals surface area (Å²) in [5.41, 5.74) is 3.02. The largest absolute Gasteiger partial charge is 0.368 e. The molecule has 0 saturated heterocycles. The van der Waals surface area contributed by atoms with Crippen LogP contribution in [0.4, 0.5) is 11.6 Å². The van der Waals surface area contributed by atoms with E-state index in [4.69, 9.17) is 0 Å². The van der Waals surface area contributed by atoms with Crippen LogP contribution in [-0.2, 0) is 6.54 Å². The predicted octanol–water partition coefficient (Wildman–Crippen LogP) is 4.31. The lowest BCUT2D eigenvalue weighted by Crippen LogP contribution is -2.29. The summed E-state index contributed by atoms with van der Waals surface area (Å²) in [6.45, 7) is 4.34. The van der Waals surface area contributed by atoms with Crippen molar-refractivity contribution in [2.45, 2.75) is 13.5 Å². The van der Waals surface area contributed by atoms with E-state index in [2.05, 4.69) is 65.5 Å². The minimum Gasteiger partial charge on any atom is -0.368 e. The fourth-order valence-electron chi connectivity index (χ4n) is 3.12. The Balaban J connectivity index is 1.50. The molecule has 0 aliphatic rings. The second-order valence-electron chi connectivity index (χ2n) is 6.53. The van der Waals surface area contributed by atoms with Gasteiger partial charge in [0, 0.05) is 37.6 Å². The minimum absolute atomic E-state index is 0.749. The number of pyridine rings is 1. The van der Waals surface area contributed by atoms with Gasteiger partial charge in [0.05, 0.1) is 10.7 Å². The highest BCUT2D eigenvalue weighted by Gasteiger charge is 2.11. The van der Waals surface area contributed by atoms with E-state index in [1.165, 1.54) is 5.56 Å². The molecule has 3 heterocycles. The first kappa shape index (κ1) is 18.4. The third kappa shape index (κ3) is 4.14. The molecule has 0 aliphatic carbocycles. The molecule has 0 radical (unpaired) electrons. The highest BCUT2D eigenvalue weighted by molar-refractivity contribution is 9.10. The fourth-order valence-corrected chi connectivity index (χ4v) is 3.47. The van der Waals surface area contributed by atoms with Crippen molar-refractivity contribution >= 4 is 33.2 Å². The summed E-state index contributed by atoms with van der Waals surface area (Å²) in [4.78, 5) is 11.3. The van der Waals surface area contributed by atoms with Gasteiger partial charge in [-0.2, -0.15) is 9.61 Å². The topological polar surface area (TPSA) is 58.4 Å². The van der Waals surface area contributed by atoms with Gasteiger partial charge in [-0.3, -0.25) is 0 Å². The summed E-state index contributed by atoms with van der Waals surface area (Å²) in [6, 6.07) is 18.5. The molecule has 0 amide bonds. The molecular weight excluding hydrogens is 416 g/mol. The molecule has 4 aromatic rings. The molecule has 28 heavy (non-hydrogen) atoms. The first-order valence-corrected chi connectivity index (χ1v) is 9.94. The molecule has 1 aromatic carbocycles. The van der Waals surface area contributed by atoms with Gasteiger partial charge in [0.25, 0.3) is 0 Å². The second kappa shape index (κ2) is 8.39. The van der Waals surface area contributed by atoms with Gasteiger partial charge >= 0.3 is 0 Å². The monoisotopic (exact) mass is 436 g/mol. The lowest BCUT2D eigenvalue weighted by Gasteiger charge is -2.24. The van der Waals surface area contributed by atoms with Crippen LogP contribution in [0.25, 0.3) is 5.65 Å². The minimum atomic E-state index is 0.749. The van der Waals surface area contributed by atoms with Crippen LogP contribution >= 0.6 is 15.9 Å². The molecule has 0 saturated carbocycles. The number of anilines is 2. The van der Waals surface area contributed by atoms with Crippen molar-refractivity contribution < 1.29 is 0 Å². The SMILES string of the molecule is Cc1cc(NCCN(Cc2ccccc2)c2ccccn2)n2ncc(Br)c2n1. The fraction of sp³-hybridized carbons (Fsp3) is 0.190. The zero-order chi connectivity index (χ0) is 19.3. The Morgan fingerprint density at radius 3 is 2.71 bits per heavy atom. The highest BCUT2D eigenvalue weighted by atomic mass is 79.9. The van der Waals surface area contributed by atoms with Crippen molar-refractivity contribution in [1.82, 2.24) is 19.6 Å². The summed E-state index contributed by atoms with van der Waals surface area (Å²) in [7, 11) is 0. The number of benzene rings is 1. The van der Waals surface area contributed by atoms with Crippen molar-refractivity contribution in [2.24, 2.45) is 0 Å². The summed E-state index contributed by atoms with van der Waals surface area (Å²) in [5, 5.41) is 7.90. The van der Waals surface area contributed by atoms with E-state index < -0.39 is 0 Å². The molecule has 142 valence electrons. The van der Waals surface area contributed by atoms with Crippen LogP contribution in [0.3, 0.4) is 0 Å². The zero-order valence-electron chi connectivity index (χ0n) is 15.6. The van der Waals surface area contributed by atoms with Crippen molar-refractivity contribution in [3.8, 4) is 0 Å². The first-order valence-electron chi connectivity index (χ1n) is 9.15. The van der Waals surface area contributed by atoms with Gasteiger partial charge in [-0.05, 0) is 40.5 Å². The van der Waals surface area contributed by atoms with E-state index in [-0.39, 0.29) is 0 Å². The van der Waals surface area contributed by atoms with Crippen molar-refractivity contribution in [3.05, 3.63) is 82.7 Å². The molecule has 0 atom stereocenters. The number of halogens is 1. The van der Waals surface area contributed by atoms with Gasteiger partial charge < -0.3 is 10.2 Å². The average Bonchev–Trinajstić information content (AvgIpc) is 3.09. The van der Waals surface area contributed by atoms with Crippen molar-refractivity contribution in [3.63, 3.8) is 0 Å². The Morgan fingerprint density at radius 2 is 1.93 bits per heavy atom. The van der Waals surface area contributed by atoms with E-state index in [1.807, 2.05) is 48.0 Å². The smallest absolute Gasteiger partial charge is 0.171 e. The maximum atomic E-state index is 4.54. The Labute approximate surface area is 172 Å². The molecular formula is C21H21BrN6. The summed E-state index contributed by atoms with van der Waals surface area (Å²) in [6.07, 6.45) is 3.60. The number of fused-ring (bicyclic) bond motifs is 1. The van der Waals surface area contributed by atoms with Gasteiger partial charge in [0.1, 0.15) is 11.6 Å². The van der Waals surface area contributed by atoms with Crippen LogP contribution < -0.4 is 10.2 Å². The van der Waals surface area contributed by atoms with E-state index in [1.54, 1.807) is 6.20 Å². The predicted molar refractivity (Wildman–Crippen MR) is 116 cm³/mol. The van der Waals surface area contributed by atoms with Gasteiger partial charge in [0.2, 0.25) is 0 Å². The van der Waals surface area contributed by atoms with Crippen LogP contribution in [0.1, 0.15) is 11.3 Å². The summed E-state index contributed by atoms with van der Waals surface area (Å²) >= 11 is 3.50. The average molecular weight is 437 g/mol. The summed E-state index contributed by atoms with van der Waals surface area (Å²) in [5.74, 6) is 1.89. The van der Waals surface area contributed by atoms with Gasteiger partial charge in [-0.15, -0.1) is 0 Å². The Morgan fingerprint density at radius 1 is 1.11 bits per heavy atom. The van der Waals surface area contributed by atoms with E-state index in [0.29, 0.717) is 0 Å². The zero-order valence-corrected chi connectivity index (χ0v) is 17.2. The van der Waals surface area contributed by atoms with Gasteiger partial charge in [-0.1, -0.05) is 36.4 Å². The van der Waals surface area contributed by atoms with Crippen LogP contribution in [0.15, 0.2) is 71.5 Å². The second-order valence-corrected chi connectivity index (χ2v) is 7.39. The molecule has 7 heteroatoms. The number of nitrogens with zero attached hydrogens (tertiary/aromatic N) is 5. The molecule has 4 rings (SSSR count). The maximum Gasteiger partial charge on any atom is 0.171 e. The number of aromatic nitrogens is 4. The number of hydrogen-bond donors (Lipinski definition) is 1. The number of rotatable bonds is 7. The number of nitrogens with one attached hydrogen (secondary N) is 1. The molecule has 0 unspecified atom stereocenters. The van der Waals surface area contributed by atoms with Crippen LogP contribution in [-0.4, -0.2) is 32.7 Å². The molecule has 1 N–H and O–H groups in total. The standard InChI is InChI=1S/C21H21BrN6/c1-16-13-20(28-21(26-16)18(22)14-25-28)24-11-12-27(19-9-5-6-10-23-19)15-17-7-3-2-4-8-17/h2-10,13-14,24H,11-12,15H2,1H3. The van der Waals surface area contributed by atoms with E-state index in [9.17, 15) is 0 Å². The first-order chi connectivity index (χ1) is 13.7. The summed E-state index contributed by atoms with van der Waals surface area (Å²) < 4.78 is 2.71. The molecule has 0 aliphatic heterocycles. The quantitative estimate of drug-likeness (QED) is 0.467. The molecule has 0 spiro atoms. The lowest BCUT2D eigenvalue weighted by molar-refractivity contribution is 0.784. The normalized spacial score (nSPS) is 10.9. The third-order valence-electron chi connectivity index (χ3n) is 4.43. The van der Waals surface area contributed by atoms with Crippen LogP contribution in [0, 0.1) is 6.92 Å². The number of aryl methyl sites for hydroxylation is 1. The Bertz CT molecular complexity index is 1050. The molecule has 3 aromatic heterocycles. The van der Waals surface area contributed by atoms with E-state index >= 15 is 0 Å². The van der Waals surface area contributed by atoms with Crippen LogP contribution in [0.5, 0.6) is 0 Å². The Kier molecular flexibility index (Phi) is 5.53. The van der Waals surface area contributed by atoms with Crippen molar-refractivity contribution in [2.75, 3.05) is 23.3 Å². The number of hydrogen-bond acceptors (Lipinski definition) is 5. The van der Waals surface area contributed by atoms with E-state index in [0.717, 1.165) is 47.1 Å². The molecule has 0 fully saturated rings. The maximum absolute atomic E-state index is 4.54. The molecule has 0 bridgehead atoms. The van der Waals surface area contributed by atoms with Gasteiger partial charge in [-0.25, -0.2) is 9.97 Å². The lowest BCUT2D eigenvalue weighted by atomic mass is 10.2. The Hall–Kier alpha value is -2.93. The van der Waals surface area contributed by atoms with Crippen LogP contribution in [0.2, 0.25) is 0 Å². The van der Waals surface area contributed by atoms with Gasteiger partial charge in [0.15, 0.2) is 5.65 Å². The third-order valence-corrected chi connectivity index (χ3v) is 4.99.